The fraction of sp³-hybridized carbons (Fsp3) is 0.429. The summed E-state index contributed by atoms with van der Waals surface area (Å²) in [5.74, 6) is 1.11. The molecule has 0 bridgehead atoms. The van der Waals surface area contributed by atoms with Crippen LogP contribution in [0.5, 0.6) is 5.88 Å². The Morgan fingerprint density at radius 1 is 1.17 bits per heavy atom. The van der Waals surface area contributed by atoms with Crippen LogP contribution in [0.4, 0.5) is 4.39 Å². The summed E-state index contributed by atoms with van der Waals surface area (Å²) in [7, 11) is 1.63. The smallest absolute Gasteiger partial charge is 0.213 e. The van der Waals surface area contributed by atoms with Crippen LogP contribution < -0.4 is 15.4 Å². The number of methoxy groups -OCH3 is 1. The van der Waals surface area contributed by atoms with E-state index < -0.39 is 0 Å². The first kappa shape index (κ1) is 25.1. The molecule has 1 aromatic heterocycles. The molecule has 0 amide bonds. The highest BCUT2D eigenvalue weighted by molar-refractivity contribution is 14.0. The predicted octanol–water partition coefficient (Wildman–Crippen LogP) is 3.47. The Balaban J connectivity index is 0.00000420. The van der Waals surface area contributed by atoms with Gasteiger partial charge in [0, 0.05) is 32.5 Å². The molecular weight excluding hydrogens is 486 g/mol. The molecule has 1 aromatic carbocycles. The van der Waals surface area contributed by atoms with Gasteiger partial charge >= 0.3 is 0 Å². The Morgan fingerprint density at radius 2 is 2.00 bits per heavy atom. The zero-order valence-corrected chi connectivity index (χ0v) is 19.5. The lowest BCUT2D eigenvalue weighted by Crippen LogP contribution is -2.38. The molecule has 0 saturated carbocycles. The SMILES string of the molecule is CCNC(=NCc1ccc(OCCOC)nc1)NCCc1ccc(F)cc1C.I. The monoisotopic (exact) mass is 516 g/mol. The van der Waals surface area contributed by atoms with Gasteiger partial charge in [-0.15, -0.1) is 24.0 Å². The maximum atomic E-state index is 13.2. The molecule has 0 atom stereocenters. The number of rotatable bonds is 10. The average molecular weight is 516 g/mol. The number of hydrogen-bond acceptors (Lipinski definition) is 4. The van der Waals surface area contributed by atoms with Gasteiger partial charge in [0.25, 0.3) is 0 Å². The van der Waals surface area contributed by atoms with E-state index in [4.69, 9.17) is 9.47 Å². The van der Waals surface area contributed by atoms with Crippen molar-refractivity contribution in [2.24, 2.45) is 4.99 Å². The lowest BCUT2D eigenvalue weighted by atomic mass is 10.1. The van der Waals surface area contributed by atoms with E-state index in [1.54, 1.807) is 19.4 Å². The summed E-state index contributed by atoms with van der Waals surface area (Å²) in [5, 5.41) is 6.54. The van der Waals surface area contributed by atoms with Crippen LogP contribution in [0, 0.1) is 12.7 Å². The van der Waals surface area contributed by atoms with E-state index >= 15 is 0 Å². The Kier molecular flexibility index (Phi) is 12.2. The van der Waals surface area contributed by atoms with Gasteiger partial charge in [-0.3, -0.25) is 0 Å². The summed E-state index contributed by atoms with van der Waals surface area (Å²) >= 11 is 0. The van der Waals surface area contributed by atoms with Crippen LogP contribution in [0.25, 0.3) is 0 Å². The number of aryl methyl sites for hydroxylation is 1. The normalized spacial score (nSPS) is 11.0. The quantitative estimate of drug-likeness (QED) is 0.219. The molecule has 29 heavy (non-hydrogen) atoms. The third kappa shape index (κ3) is 9.40. The second-order valence-electron chi connectivity index (χ2n) is 6.29. The number of benzene rings is 1. The number of aliphatic imine (C=N–C) groups is 1. The lowest BCUT2D eigenvalue weighted by Gasteiger charge is -2.12. The summed E-state index contributed by atoms with van der Waals surface area (Å²) in [5.41, 5.74) is 3.08. The number of ether oxygens (including phenoxy) is 2. The van der Waals surface area contributed by atoms with Crippen molar-refractivity contribution in [1.82, 2.24) is 15.6 Å². The van der Waals surface area contributed by atoms with Crippen LogP contribution in [0.1, 0.15) is 23.6 Å². The van der Waals surface area contributed by atoms with Crippen LogP contribution in [0.3, 0.4) is 0 Å². The summed E-state index contributed by atoms with van der Waals surface area (Å²) in [6.07, 6.45) is 2.56. The Labute approximate surface area is 189 Å². The summed E-state index contributed by atoms with van der Waals surface area (Å²) < 4.78 is 23.6. The van der Waals surface area contributed by atoms with Crippen LogP contribution in [-0.4, -0.2) is 44.4 Å². The van der Waals surface area contributed by atoms with E-state index in [2.05, 4.69) is 20.6 Å². The number of nitrogens with zero attached hydrogens (tertiary/aromatic N) is 2. The third-order valence-corrected chi connectivity index (χ3v) is 4.09. The van der Waals surface area contributed by atoms with Gasteiger partial charge in [0.15, 0.2) is 5.96 Å². The highest BCUT2D eigenvalue weighted by atomic mass is 127. The Bertz CT molecular complexity index is 757. The van der Waals surface area contributed by atoms with Crippen LogP contribution in [0.2, 0.25) is 0 Å². The van der Waals surface area contributed by atoms with Gasteiger partial charge in [-0.05, 0) is 49.1 Å². The van der Waals surface area contributed by atoms with Gasteiger partial charge in [-0.2, -0.15) is 0 Å². The maximum Gasteiger partial charge on any atom is 0.213 e. The third-order valence-electron chi connectivity index (χ3n) is 4.09. The molecule has 2 rings (SSSR count). The molecule has 0 radical (unpaired) electrons. The van der Waals surface area contributed by atoms with E-state index in [9.17, 15) is 4.39 Å². The molecule has 160 valence electrons. The molecule has 2 aromatic rings. The topological polar surface area (TPSA) is 67.8 Å². The standard InChI is InChI=1S/C21H29FN4O2.HI/c1-4-23-21(24-10-9-18-6-7-19(22)13-16(18)2)26-15-17-5-8-20(25-14-17)28-12-11-27-3;/h5-8,13-14H,4,9-12,15H2,1-3H3,(H2,23,24,26);1H. The molecule has 0 spiro atoms. The minimum atomic E-state index is -0.201. The lowest BCUT2D eigenvalue weighted by molar-refractivity contribution is 0.143. The minimum Gasteiger partial charge on any atom is -0.475 e. The first-order valence-corrected chi connectivity index (χ1v) is 9.46. The van der Waals surface area contributed by atoms with E-state index in [-0.39, 0.29) is 29.8 Å². The van der Waals surface area contributed by atoms with E-state index in [1.807, 2.05) is 32.0 Å². The van der Waals surface area contributed by atoms with Gasteiger partial charge in [0.2, 0.25) is 5.88 Å². The molecule has 1 heterocycles. The van der Waals surface area contributed by atoms with Gasteiger partial charge in [-0.25, -0.2) is 14.4 Å². The molecule has 2 N–H and O–H groups in total. The second kappa shape index (κ2) is 14.1. The number of hydrogen-bond donors (Lipinski definition) is 2. The highest BCUT2D eigenvalue weighted by Gasteiger charge is 2.03. The van der Waals surface area contributed by atoms with Crippen molar-refractivity contribution in [1.29, 1.82) is 0 Å². The van der Waals surface area contributed by atoms with Crippen molar-refractivity contribution < 1.29 is 13.9 Å². The van der Waals surface area contributed by atoms with Crippen molar-refractivity contribution in [3.63, 3.8) is 0 Å². The van der Waals surface area contributed by atoms with E-state index in [0.29, 0.717) is 32.2 Å². The van der Waals surface area contributed by atoms with Crippen LogP contribution in [0.15, 0.2) is 41.5 Å². The van der Waals surface area contributed by atoms with Crippen molar-refractivity contribution in [3.05, 3.63) is 59.0 Å². The average Bonchev–Trinajstić information content (AvgIpc) is 2.69. The number of pyridine rings is 1. The predicted molar refractivity (Wildman–Crippen MR) is 125 cm³/mol. The van der Waals surface area contributed by atoms with Crippen LogP contribution in [-0.2, 0) is 17.7 Å². The summed E-state index contributed by atoms with van der Waals surface area (Å²) in [6.45, 7) is 6.94. The molecule has 0 aliphatic carbocycles. The van der Waals surface area contributed by atoms with Crippen molar-refractivity contribution in [2.75, 3.05) is 33.4 Å². The first-order chi connectivity index (χ1) is 13.6. The van der Waals surface area contributed by atoms with Crippen molar-refractivity contribution in [3.8, 4) is 5.88 Å². The Hall–Kier alpha value is -1.94. The Morgan fingerprint density at radius 3 is 2.66 bits per heavy atom. The van der Waals surface area contributed by atoms with Crippen LogP contribution >= 0.6 is 24.0 Å². The molecule has 0 unspecified atom stereocenters. The van der Waals surface area contributed by atoms with Gasteiger partial charge in [0.05, 0.1) is 13.2 Å². The molecular formula is C21H30FIN4O2. The maximum absolute atomic E-state index is 13.2. The highest BCUT2D eigenvalue weighted by Crippen LogP contribution is 2.10. The zero-order valence-electron chi connectivity index (χ0n) is 17.2. The summed E-state index contributed by atoms with van der Waals surface area (Å²) in [6, 6.07) is 8.67. The second-order valence-corrected chi connectivity index (χ2v) is 6.29. The summed E-state index contributed by atoms with van der Waals surface area (Å²) in [4.78, 5) is 8.86. The molecule has 0 saturated heterocycles. The molecule has 0 fully saturated rings. The number of nitrogens with one attached hydrogen (secondary N) is 2. The van der Waals surface area contributed by atoms with Gasteiger partial charge in [-0.1, -0.05) is 12.1 Å². The molecule has 6 nitrogen and oxygen atoms in total. The van der Waals surface area contributed by atoms with E-state index in [0.717, 1.165) is 35.6 Å². The van der Waals surface area contributed by atoms with Crippen molar-refractivity contribution >= 4 is 29.9 Å². The number of guanidine groups is 1. The fourth-order valence-corrected chi connectivity index (χ4v) is 2.59. The van der Waals surface area contributed by atoms with Gasteiger partial charge in [0.1, 0.15) is 12.4 Å². The fourth-order valence-electron chi connectivity index (χ4n) is 2.59. The number of halogens is 2. The largest absolute Gasteiger partial charge is 0.475 e. The molecule has 8 heteroatoms. The molecule has 0 aliphatic heterocycles. The number of aromatic nitrogens is 1. The zero-order chi connectivity index (χ0) is 20.2. The first-order valence-electron chi connectivity index (χ1n) is 9.46. The van der Waals surface area contributed by atoms with Gasteiger partial charge < -0.3 is 20.1 Å². The minimum absolute atomic E-state index is 0. The molecule has 0 aliphatic rings. The van der Waals surface area contributed by atoms with Crippen molar-refractivity contribution in [2.45, 2.75) is 26.8 Å². The van der Waals surface area contributed by atoms with E-state index in [1.165, 1.54) is 6.07 Å².